The van der Waals surface area contributed by atoms with Gasteiger partial charge in [0, 0.05) is 30.4 Å². The molecule has 3 aromatic heterocycles. The summed E-state index contributed by atoms with van der Waals surface area (Å²) in [6, 6.07) is 32.0. The number of ether oxygens (including phenoxy) is 4. The van der Waals surface area contributed by atoms with E-state index in [-0.39, 0.29) is 29.2 Å². The third kappa shape index (κ3) is 6.50. The van der Waals surface area contributed by atoms with Crippen molar-refractivity contribution in [2.45, 2.75) is 29.8 Å². The van der Waals surface area contributed by atoms with Crippen molar-refractivity contribution < 1.29 is 38.4 Å². The second kappa shape index (κ2) is 16.0. The molecule has 2 fully saturated rings. The molecule has 6 aromatic rings. The van der Waals surface area contributed by atoms with Gasteiger partial charge in [-0.05, 0) is 90.3 Å². The van der Waals surface area contributed by atoms with E-state index in [0.29, 0.717) is 45.5 Å². The molecule has 0 unspecified atom stereocenters. The Balaban J connectivity index is 1.49. The predicted molar refractivity (Wildman–Crippen MR) is 217 cm³/mol. The fourth-order valence-corrected chi connectivity index (χ4v) is 9.27. The normalized spacial score (nSPS) is 22.3. The van der Waals surface area contributed by atoms with E-state index in [1.54, 1.807) is 97.3 Å². The molecule has 0 spiro atoms. The Morgan fingerprint density at radius 1 is 0.661 bits per heavy atom. The Hall–Kier alpha value is -7.08. The predicted octanol–water partition coefficient (Wildman–Crippen LogP) is 7.36. The van der Waals surface area contributed by atoms with Gasteiger partial charge in [0.15, 0.2) is 34.6 Å². The van der Waals surface area contributed by atoms with Gasteiger partial charge in [-0.15, -0.1) is 0 Å². The Morgan fingerprint density at radius 2 is 1.25 bits per heavy atom. The molecule has 1 N–H and O–H groups in total. The van der Waals surface area contributed by atoms with E-state index in [1.807, 2.05) is 36.4 Å². The second-order valence-electron chi connectivity index (χ2n) is 14.5. The van der Waals surface area contributed by atoms with Crippen molar-refractivity contribution in [2.75, 3.05) is 28.4 Å². The molecule has 2 aliphatic rings. The van der Waals surface area contributed by atoms with Crippen LogP contribution in [-0.4, -0.2) is 70.9 Å². The molecule has 6 atom stereocenters. The lowest BCUT2D eigenvalue weighted by Crippen LogP contribution is -2.59. The zero-order chi connectivity index (χ0) is 41.3. The van der Waals surface area contributed by atoms with Crippen molar-refractivity contribution in [3.05, 3.63) is 168 Å². The van der Waals surface area contributed by atoms with Gasteiger partial charge in [0.05, 0.1) is 62.9 Å². The molecule has 59 heavy (non-hydrogen) atoms. The summed E-state index contributed by atoms with van der Waals surface area (Å²) in [6.07, 6.45) is 4.89. The molecule has 0 radical (unpaired) electrons. The monoisotopic (exact) mass is 790 g/mol. The number of para-hydroxylation sites is 1. The molecule has 12 nitrogen and oxygen atoms in total. The number of Topliss-reactive ketones (excluding diaryl/α,β-unsaturated/α-hetero) is 2. The second-order valence-corrected chi connectivity index (χ2v) is 14.5. The maximum absolute atomic E-state index is 16.2. The van der Waals surface area contributed by atoms with Crippen LogP contribution >= 0.6 is 0 Å². The van der Waals surface area contributed by atoms with Crippen LogP contribution in [-0.2, 0) is 10.3 Å². The smallest absolute Gasteiger partial charge is 0.235 e. The molecule has 5 heterocycles. The Morgan fingerprint density at radius 3 is 1.85 bits per heavy atom. The first-order valence-corrected chi connectivity index (χ1v) is 19.1. The third-order valence-corrected chi connectivity index (χ3v) is 11.7. The van der Waals surface area contributed by atoms with E-state index >= 15 is 14.4 Å². The van der Waals surface area contributed by atoms with Gasteiger partial charge in [0.1, 0.15) is 17.4 Å². The minimum absolute atomic E-state index is 0.00667. The number of hydrogen-bond acceptors (Lipinski definition) is 11. The van der Waals surface area contributed by atoms with E-state index in [1.165, 1.54) is 33.5 Å². The van der Waals surface area contributed by atoms with Crippen molar-refractivity contribution in [3.63, 3.8) is 0 Å². The number of hydrogen-bond donors (Lipinski definition) is 1. The Kier molecular flexibility index (Phi) is 10.5. The van der Waals surface area contributed by atoms with Crippen LogP contribution in [0, 0.1) is 11.8 Å². The molecule has 3 aromatic carbocycles. The van der Waals surface area contributed by atoms with Gasteiger partial charge >= 0.3 is 0 Å². The number of phenols is 1. The number of aromatic hydroxyl groups is 1. The SMILES string of the molecule is COc1ccc([C@@H]2[C@@H](c3ccccn3)N3C(=O)[C@H](C(=O)c4ccccc4O)[C@@H](c4ccc(OC)c(OC)c4)C[C@]3(c3ccccn3)[C@H]2C(=O)c2ccccn2)cc1OC. The summed E-state index contributed by atoms with van der Waals surface area (Å²) in [6.45, 7) is 0. The number of carbonyl (C=O) groups is 3. The fraction of sp³-hybridized carbons (Fsp3) is 0.234. The van der Waals surface area contributed by atoms with Gasteiger partial charge < -0.3 is 29.0 Å². The highest BCUT2D eigenvalue weighted by Gasteiger charge is 2.70. The van der Waals surface area contributed by atoms with Crippen molar-refractivity contribution in [1.82, 2.24) is 19.9 Å². The standard InChI is InChI=1S/C47H42N4O8/c1-56-35-20-18-28(25-37(35)58-3)31-27-47(39-17-9-12-24-50-39)42(45(54)33-15-8-11-23-49-33)40(29-19-21-36(57-2)38(26-29)59-4)43(32-14-7-10-22-48-32)51(47)46(55)41(31)44(53)30-13-5-6-16-34(30)52/h5-26,31,40-43,52H,27H2,1-4H3/t31-,40+,41+,42-,43-,47+/m1/s1. The number of carbonyl (C=O) groups excluding carboxylic acids is 3. The number of piperidine rings is 1. The van der Waals surface area contributed by atoms with Crippen LogP contribution in [0.3, 0.4) is 0 Å². The summed E-state index contributed by atoms with van der Waals surface area (Å²) >= 11 is 0. The Bertz CT molecular complexity index is 2500. The number of ketones is 2. The van der Waals surface area contributed by atoms with Crippen LogP contribution in [0.5, 0.6) is 28.7 Å². The van der Waals surface area contributed by atoms with Crippen LogP contribution in [0.2, 0.25) is 0 Å². The van der Waals surface area contributed by atoms with E-state index < -0.39 is 46.9 Å². The van der Waals surface area contributed by atoms with E-state index in [2.05, 4.69) is 4.98 Å². The molecule has 2 saturated heterocycles. The summed E-state index contributed by atoms with van der Waals surface area (Å²) in [7, 11) is 6.12. The number of amides is 1. The highest BCUT2D eigenvalue weighted by Crippen LogP contribution is 2.66. The van der Waals surface area contributed by atoms with E-state index in [4.69, 9.17) is 28.9 Å². The molecule has 12 heteroatoms. The first kappa shape index (κ1) is 38.8. The summed E-state index contributed by atoms with van der Waals surface area (Å²) in [5.41, 5.74) is 0.876. The molecule has 0 saturated carbocycles. The van der Waals surface area contributed by atoms with Crippen molar-refractivity contribution in [1.29, 1.82) is 0 Å². The molecule has 8 rings (SSSR count). The lowest BCUT2D eigenvalue weighted by Gasteiger charge is -2.51. The van der Waals surface area contributed by atoms with Gasteiger partial charge in [-0.3, -0.25) is 29.3 Å². The van der Waals surface area contributed by atoms with Gasteiger partial charge in [-0.1, -0.05) is 42.5 Å². The minimum Gasteiger partial charge on any atom is -0.507 e. The quantitative estimate of drug-likeness (QED) is 0.0979. The number of rotatable bonds is 12. The number of benzene rings is 3. The van der Waals surface area contributed by atoms with Crippen LogP contribution in [0.4, 0.5) is 0 Å². The lowest BCUT2D eigenvalue weighted by molar-refractivity contribution is -0.149. The van der Waals surface area contributed by atoms with Gasteiger partial charge in [0.2, 0.25) is 5.91 Å². The van der Waals surface area contributed by atoms with Crippen LogP contribution in [0.15, 0.2) is 134 Å². The zero-order valence-electron chi connectivity index (χ0n) is 32.9. The molecule has 2 aliphatic heterocycles. The first-order valence-electron chi connectivity index (χ1n) is 19.1. The summed E-state index contributed by atoms with van der Waals surface area (Å²) in [5.74, 6) is -4.08. The summed E-state index contributed by atoms with van der Waals surface area (Å²) in [4.78, 5) is 63.0. The number of aromatic nitrogens is 3. The summed E-state index contributed by atoms with van der Waals surface area (Å²) < 4.78 is 22.8. The number of phenolic OH excluding ortho intramolecular Hbond substituents is 1. The highest BCUT2D eigenvalue weighted by molar-refractivity contribution is 6.13. The van der Waals surface area contributed by atoms with Gasteiger partial charge in [-0.25, -0.2) is 0 Å². The Labute approximate surface area is 341 Å². The molecular weight excluding hydrogens is 749 g/mol. The molecule has 0 aliphatic carbocycles. The topological polar surface area (TPSA) is 150 Å². The number of fused-ring (bicyclic) bond motifs is 1. The van der Waals surface area contributed by atoms with Crippen molar-refractivity contribution in [2.24, 2.45) is 11.8 Å². The lowest BCUT2D eigenvalue weighted by atomic mass is 9.62. The average molecular weight is 791 g/mol. The van der Waals surface area contributed by atoms with Crippen LogP contribution in [0.1, 0.15) is 67.7 Å². The van der Waals surface area contributed by atoms with E-state index in [9.17, 15) is 5.11 Å². The molecule has 0 bridgehead atoms. The summed E-state index contributed by atoms with van der Waals surface area (Å²) in [5, 5.41) is 11.1. The molecule has 298 valence electrons. The zero-order valence-corrected chi connectivity index (χ0v) is 32.9. The average Bonchev–Trinajstić information content (AvgIpc) is 3.61. The maximum atomic E-state index is 16.2. The number of pyridine rings is 3. The van der Waals surface area contributed by atoms with Crippen molar-refractivity contribution in [3.8, 4) is 28.7 Å². The number of methoxy groups -OCH3 is 4. The highest BCUT2D eigenvalue weighted by atomic mass is 16.5. The molecule has 1 amide bonds. The van der Waals surface area contributed by atoms with Gasteiger partial charge in [-0.2, -0.15) is 0 Å². The van der Waals surface area contributed by atoms with E-state index in [0.717, 1.165) is 0 Å². The molecular formula is C47H42N4O8. The van der Waals surface area contributed by atoms with Gasteiger partial charge in [0.25, 0.3) is 0 Å². The van der Waals surface area contributed by atoms with Crippen LogP contribution in [0.25, 0.3) is 0 Å². The van der Waals surface area contributed by atoms with Crippen LogP contribution < -0.4 is 18.9 Å². The van der Waals surface area contributed by atoms with Crippen molar-refractivity contribution >= 4 is 17.5 Å². The number of nitrogens with zero attached hydrogens (tertiary/aromatic N) is 4. The first-order chi connectivity index (χ1) is 28.8. The third-order valence-electron chi connectivity index (χ3n) is 11.7. The fourth-order valence-electron chi connectivity index (χ4n) is 9.27. The maximum Gasteiger partial charge on any atom is 0.235 e. The minimum atomic E-state index is -1.51. The largest absolute Gasteiger partial charge is 0.507 e.